The number of esters is 1. The molecule has 0 aromatic carbocycles. The lowest BCUT2D eigenvalue weighted by Crippen LogP contribution is -2.59. The Bertz CT molecular complexity index is 809. The van der Waals surface area contributed by atoms with Crippen LogP contribution in [-0.2, 0) is 23.9 Å². The maximum Gasteiger partial charge on any atom is 0.312 e. The van der Waals surface area contributed by atoms with E-state index in [1.165, 1.54) is 4.90 Å². The van der Waals surface area contributed by atoms with E-state index in [1.54, 1.807) is 17.1 Å². The molecule has 0 aromatic rings. The van der Waals surface area contributed by atoms with Crippen molar-refractivity contribution in [3.63, 3.8) is 0 Å². The molecule has 8 nitrogen and oxygen atoms in total. The van der Waals surface area contributed by atoms with Gasteiger partial charge in [-0.15, -0.1) is 13.2 Å². The van der Waals surface area contributed by atoms with Gasteiger partial charge in [-0.05, 0) is 46.5 Å². The molecule has 0 saturated carbocycles. The van der Waals surface area contributed by atoms with E-state index in [4.69, 9.17) is 9.47 Å². The van der Waals surface area contributed by atoms with Crippen molar-refractivity contribution in [2.45, 2.75) is 82.7 Å². The van der Waals surface area contributed by atoms with Gasteiger partial charge < -0.3 is 24.4 Å². The minimum absolute atomic E-state index is 0.119. The topological polar surface area (TPSA) is 96.4 Å². The molecular formula is C25H38N2O6. The molecule has 8 heteroatoms. The van der Waals surface area contributed by atoms with Gasteiger partial charge in [0.1, 0.15) is 17.6 Å². The molecule has 3 saturated heterocycles. The van der Waals surface area contributed by atoms with Gasteiger partial charge in [0.15, 0.2) is 0 Å². The van der Waals surface area contributed by atoms with Gasteiger partial charge >= 0.3 is 5.97 Å². The molecule has 3 aliphatic heterocycles. The summed E-state index contributed by atoms with van der Waals surface area (Å²) in [6.07, 6.45) is 5.35. The first-order chi connectivity index (χ1) is 15.6. The zero-order chi connectivity index (χ0) is 24.6. The molecular weight excluding hydrogens is 424 g/mol. The second-order valence-electron chi connectivity index (χ2n) is 9.84. The number of aliphatic hydroxyl groups excluding tert-OH is 1. The second-order valence-corrected chi connectivity index (χ2v) is 9.84. The van der Waals surface area contributed by atoms with Crippen LogP contribution < -0.4 is 0 Å². The largest absolute Gasteiger partial charge is 0.465 e. The predicted octanol–water partition coefficient (Wildman–Crippen LogP) is 2.06. The molecule has 2 unspecified atom stereocenters. The number of rotatable bonds is 11. The number of hydrogen-bond donors (Lipinski definition) is 1. The lowest BCUT2D eigenvalue weighted by Gasteiger charge is -2.40. The Kier molecular flexibility index (Phi) is 7.39. The smallest absolute Gasteiger partial charge is 0.312 e. The van der Waals surface area contributed by atoms with E-state index in [9.17, 15) is 19.5 Å². The normalized spacial score (nSPS) is 33.2. The quantitative estimate of drug-likeness (QED) is 0.287. The van der Waals surface area contributed by atoms with Crippen LogP contribution in [0.4, 0.5) is 0 Å². The fourth-order valence-electron chi connectivity index (χ4n) is 5.99. The van der Waals surface area contributed by atoms with Crippen LogP contribution in [-0.4, -0.2) is 81.8 Å². The number of carbonyl (C=O) groups is 3. The van der Waals surface area contributed by atoms with Crippen molar-refractivity contribution in [3.8, 4) is 0 Å². The van der Waals surface area contributed by atoms with Crippen LogP contribution in [0.5, 0.6) is 0 Å². The van der Waals surface area contributed by atoms with Gasteiger partial charge in [-0.2, -0.15) is 0 Å². The van der Waals surface area contributed by atoms with E-state index in [2.05, 4.69) is 13.2 Å². The number of carbonyl (C=O) groups excluding carboxylic acids is 3. The number of likely N-dealkylation sites (tertiary alicyclic amines) is 1. The third kappa shape index (κ3) is 3.91. The molecule has 3 rings (SSSR count). The zero-order valence-electron chi connectivity index (χ0n) is 20.3. The van der Waals surface area contributed by atoms with Gasteiger partial charge in [0.2, 0.25) is 11.8 Å². The zero-order valence-corrected chi connectivity index (χ0v) is 20.3. The molecule has 2 amide bonds. The number of nitrogens with zero attached hydrogens (tertiary/aromatic N) is 2. The summed E-state index contributed by atoms with van der Waals surface area (Å²) in [5, 5.41) is 10.1. The van der Waals surface area contributed by atoms with Gasteiger partial charge in [-0.25, -0.2) is 0 Å². The Morgan fingerprint density at radius 1 is 1.33 bits per heavy atom. The molecule has 2 bridgehead atoms. The summed E-state index contributed by atoms with van der Waals surface area (Å²) >= 11 is 0. The fourth-order valence-corrected chi connectivity index (χ4v) is 5.99. The minimum atomic E-state index is -1.12. The molecule has 0 aromatic heterocycles. The Morgan fingerprint density at radius 3 is 2.58 bits per heavy atom. The number of fused-ring (bicyclic) bond motifs is 1. The summed E-state index contributed by atoms with van der Waals surface area (Å²) in [4.78, 5) is 44.2. The van der Waals surface area contributed by atoms with Gasteiger partial charge in [0.05, 0.1) is 30.8 Å². The van der Waals surface area contributed by atoms with Crippen molar-refractivity contribution in [2.75, 3.05) is 19.8 Å². The first kappa shape index (κ1) is 25.4. The Morgan fingerprint density at radius 2 is 2.03 bits per heavy atom. The van der Waals surface area contributed by atoms with Gasteiger partial charge in [-0.1, -0.05) is 19.1 Å². The lowest BCUT2D eigenvalue weighted by atomic mass is 9.66. The van der Waals surface area contributed by atoms with Crippen LogP contribution in [0.2, 0.25) is 0 Å². The third-order valence-corrected chi connectivity index (χ3v) is 7.58. The first-order valence-corrected chi connectivity index (χ1v) is 12.0. The summed E-state index contributed by atoms with van der Waals surface area (Å²) in [5.41, 5.74) is -2.00. The van der Waals surface area contributed by atoms with Crippen LogP contribution in [0.25, 0.3) is 0 Å². The lowest BCUT2D eigenvalue weighted by molar-refractivity contribution is -0.162. The summed E-state index contributed by atoms with van der Waals surface area (Å²) < 4.78 is 12.0. The third-order valence-electron chi connectivity index (χ3n) is 7.58. The Labute approximate surface area is 196 Å². The van der Waals surface area contributed by atoms with Gasteiger partial charge in [-0.3, -0.25) is 14.4 Å². The van der Waals surface area contributed by atoms with Crippen LogP contribution in [0, 0.1) is 11.8 Å². The van der Waals surface area contributed by atoms with E-state index in [0.29, 0.717) is 32.2 Å². The maximum absolute atomic E-state index is 14.0. The summed E-state index contributed by atoms with van der Waals surface area (Å²) in [6.45, 7) is 15.2. The molecule has 0 aliphatic carbocycles. The molecule has 1 spiro atoms. The molecule has 3 heterocycles. The van der Waals surface area contributed by atoms with Gasteiger partial charge in [0.25, 0.3) is 0 Å². The van der Waals surface area contributed by atoms with E-state index >= 15 is 0 Å². The van der Waals surface area contributed by atoms with Crippen molar-refractivity contribution < 1.29 is 29.0 Å². The molecule has 184 valence electrons. The maximum atomic E-state index is 14.0. The number of ether oxygens (including phenoxy) is 2. The number of hydrogen-bond acceptors (Lipinski definition) is 6. The van der Waals surface area contributed by atoms with E-state index in [0.717, 1.165) is 0 Å². The van der Waals surface area contributed by atoms with Crippen LogP contribution >= 0.6 is 0 Å². The highest BCUT2D eigenvalue weighted by Gasteiger charge is 2.79. The van der Waals surface area contributed by atoms with E-state index in [1.807, 2.05) is 27.7 Å². The van der Waals surface area contributed by atoms with Crippen molar-refractivity contribution in [1.29, 1.82) is 0 Å². The average Bonchev–Trinajstić information content (AvgIpc) is 3.34. The van der Waals surface area contributed by atoms with Gasteiger partial charge in [0, 0.05) is 12.6 Å². The molecule has 33 heavy (non-hydrogen) atoms. The molecule has 3 fully saturated rings. The fraction of sp³-hybridized carbons (Fsp3) is 0.720. The number of amides is 2. The molecule has 6 atom stereocenters. The van der Waals surface area contributed by atoms with Crippen molar-refractivity contribution >= 4 is 17.8 Å². The van der Waals surface area contributed by atoms with E-state index in [-0.39, 0.29) is 31.1 Å². The van der Waals surface area contributed by atoms with Crippen LogP contribution in [0.1, 0.15) is 53.4 Å². The highest BCUT2D eigenvalue weighted by molar-refractivity contribution is 5.98. The van der Waals surface area contributed by atoms with E-state index < -0.39 is 41.1 Å². The van der Waals surface area contributed by atoms with Crippen LogP contribution in [0.15, 0.2) is 25.3 Å². The standard InChI is InChI=1S/C25H38N2O6/c1-7-10-14-32-23(31)19-18-21(29)27(17(9-3)15-28)20(22(30)26(13-8-2)16(4)5)25(18)12-11-24(19,6)33-25/h7-8,16-20,28H,1-2,9-15H2,3-6H3/t17-,18-,19+,20?,24-,25?/m0/s1. The second kappa shape index (κ2) is 9.58. The van der Waals surface area contributed by atoms with Crippen molar-refractivity contribution in [1.82, 2.24) is 9.80 Å². The van der Waals surface area contributed by atoms with Crippen molar-refractivity contribution in [3.05, 3.63) is 25.3 Å². The average molecular weight is 463 g/mol. The van der Waals surface area contributed by atoms with Crippen LogP contribution in [0.3, 0.4) is 0 Å². The Balaban J connectivity index is 2.08. The SMILES string of the molecule is C=CCCOC(=O)[C@H]1[C@H]2C(=O)N([C@@H](CC)CO)C(C(=O)N(CC=C)C(C)C)C23CC[C@]1(C)O3. The predicted molar refractivity (Wildman–Crippen MR) is 123 cm³/mol. The molecule has 0 radical (unpaired) electrons. The monoisotopic (exact) mass is 462 g/mol. The number of aliphatic hydroxyl groups is 1. The highest BCUT2D eigenvalue weighted by Crippen LogP contribution is 2.63. The summed E-state index contributed by atoms with van der Waals surface area (Å²) in [5.74, 6) is -2.65. The summed E-state index contributed by atoms with van der Waals surface area (Å²) in [7, 11) is 0. The molecule has 3 aliphatic rings. The highest BCUT2D eigenvalue weighted by atomic mass is 16.6. The van der Waals surface area contributed by atoms with Crippen molar-refractivity contribution in [2.24, 2.45) is 11.8 Å². The minimum Gasteiger partial charge on any atom is -0.465 e. The summed E-state index contributed by atoms with van der Waals surface area (Å²) in [6, 6.07) is -1.58. The molecule has 1 N–H and O–H groups in total. The Hall–Kier alpha value is -2.19. The first-order valence-electron chi connectivity index (χ1n) is 12.0.